The Morgan fingerprint density at radius 3 is 1.40 bits per heavy atom. The molecule has 0 aliphatic heterocycles. The SMILES string of the molecule is CCC(O)C(N)(CC)CC.O[Si](O)(O)O. The monoisotopic (exact) mass is 241 g/mol. The summed E-state index contributed by atoms with van der Waals surface area (Å²) in [5.41, 5.74) is 5.55. The molecule has 1 atom stereocenters. The first-order valence-corrected chi connectivity index (χ1v) is 6.76. The molecule has 0 aromatic rings. The predicted octanol–water partition coefficient (Wildman–Crippen LogP) is -1.33. The highest BCUT2D eigenvalue weighted by Crippen LogP contribution is 2.18. The van der Waals surface area contributed by atoms with Crippen molar-refractivity contribution in [2.24, 2.45) is 5.73 Å². The van der Waals surface area contributed by atoms with Gasteiger partial charge in [0.05, 0.1) is 6.10 Å². The van der Waals surface area contributed by atoms with E-state index in [2.05, 4.69) is 0 Å². The van der Waals surface area contributed by atoms with Gasteiger partial charge in [-0.3, -0.25) is 0 Å². The Morgan fingerprint density at radius 2 is 1.33 bits per heavy atom. The van der Waals surface area contributed by atoms with E-state index in [1.54, 1.807) is 0 Å². The molecule has 0 aromatic heterocycles. The van der Waals surface area contributed by atoms with Gasteiger partial charge in [-0.2, -0.15) is 0 Å². The highest BCUT2D eigenvalue weighted by Gasteiger charge is 2.27. The molecule has 6 nitrogen and oxygen atoms in total. The zero-order valence-electron chi connectivity index (χ0n) is 9.51. The lowest BCUT2D eigenvalue weighted by atomic mass is 9.86. The van der Waals surface area contributed by atoms with E-state index in [-0.39, 0.29) is 11.6 Å². The fourth-order valence-corrected chi connectivity index (χ4v) is 1.13. The van der Waals surface area contributed by atoms with Crippen LogP contribution in [0.5, 0.6) is 0 Å². The van der Waals surface area contributed by atoms with E-state index < -0.39 is 9.05 Å². The molecular formula is C8H23NO5Si. The second-order valence-electron chi connectivity index (χ2n) is 3.46. The second kappa shape index (κ2) is 7.28. The maximum absolute atomic E-state index is 9.45. The summed E-state index contributed by atoms with van der Waals surface area (Å²) in [5.74, 6) is 0. The van der Waals surface area contributed by atoms with Crippen molar-refractivity contribution in [3.63, 3.8) is 0 Å². The minimum atomic E-state index is -4.61. The molecule has 0 aliphatic rings. The van der Waals surface area contributed by atoms with Crippen LogP contribution in [0.2, 0.25) is 0 Å². The van der Waals surface area contributed by atoms with Gasteiger partial charge < -0.3 is 30.0 Å². The molecule has 0 saturated carbocycles. The molecule has 0 bridgehead atoms. The molecule has 0 aromatic carbocycles. The largest absolute Gasteiger partial charge is 0.668 e. The average Bonchev–Trinajstić information content (AvgIpc) is 2.12. The maximum Gasteiger partial charge on any atom is 0.668 e. The van der Waals surface area contributed by atoms with Crippen LogP contribution in [0.25, 0.3) is 0 Å². The van der Waals surface area contributed by atoms with Crippen LogP contribution in [0.3, 0.4) is 0 Å². The van der Waals surface area contributed by atoms with Crippen molar-refractivity contribution in [2.45, 2.75) is 51.7 Å². The Labute approximate surface area is 91.5 Å². The molecular weight excluding hydrogens is 218 g/mol. The Bertz CT molecular complexity index is 152. The van der Waals surface area contributed by atoms with E-state index in [0.717, 1.165) is 19.3 Å². The van der Waals surface area contributed by atoms with Crippen LogP contribution in [0.1, 0.15) is 40.0 Å². The number of nitrogens with two attached hydrogens (primary N) is 1. The third kappa shape index (κ3) is 10.3. The molecule has 15 heavy (non-hydrogen) atoms. The van der Waals surface area contributed by atoms with E-state index in [0.29, 0.717) is 0 Å². The first-order chi connectivity index (χ1) is 6.60. The van der Waals surface area contributed by atoms with Crippen LogP contribution in [-0.2, 0) is 0 Å². The van der Waals surface area contributed by atoms with E-state index >= 15 is 0 Å². The van der Waals surface area contributed by atoms with Crippen LogP contribution < -0.4 is 5.73 Å². The van der Waals surface area contributed by atoms with Gasteiger partial charge in [-0.1, -0.05) is 20.8 Å². The van der Waals surface area contributed by atoms with E-state index in [1.807, 2.05) is 20.8 Å². The summed E-state index contributed by atoms with van der Waals surface area (Å²) in [6.45, 7) is 5.99. The Morgan fingerprint density at radius 1 is 1.07 bits per heavy atom. The zero-order valence-corrected chi connectivity index (χ0v) is 10.5. The summed E-state index contributed by atoms with van der Waals surface area (Å²) in [6.07, 6.45) is 2.09. The lowest BCUT2D eigenvalue weighted by molar-refractivity contribution is 0.0749. The third-order valence-corrected chi connectivity index (χ3v) is 2.37. The Kier molecular flexibility index (Phi) is 8.44. The van der Waals surface area contributed by atoms with Gasteiger partial charge in [0.25, 0.3) is 0 Å². The lowest BCUT2D eigenvalue weighted by Crippen LogP contribution is -2.49. The molecule has 0 aliphatic carbocycles. The summed E-state index contributed by atoms with van der Waals surface area (Å²) in [7, 11) is -4.61. The molecule has 0 radical (unpaired) electrons. The molecule has 0 amide bonds. The van der Waals surface area contributed by atoms with Crippen LogP contribution in [-0.4, -0.2) is 45.0 Å². The molecule has 0 spiro atoms. The van der Waals surface area contributed by atoms with Gasteiger partial charge in [0.2, 0.25) is 0 Å². The standard InChI is InChI=1S/C8H19NO.H4O4Si/c1-4-7(10)8(9,5-2)6-3;1-5(2,3)4/h7,10H,4-6,9H2,1-3H3;1-4H. The summed E-state index contributed by atoms with van der Waals surface area (Å²) < 4.78 is 0. The minimum absolute atomic E-state index is 0.345. The number of aliphatic hydroxyl groups excluding tert-OH is 1. The fourth-order valence-electron chi connectivity index (χ4n) is 1.13. The highest BCUT2D eigenvalue weighted by molar-refractivity contribution is 6.46. The number of hydrogen-bond donors (Lipinski definition) is 6. The lowest BCUT2D eigenvalue weighted by Gasteiger charge is -2.31. The normalized spacial score (nSPS) is 14.2. The highest BCUT2D eigenvalue weighted by atomic mass is 28.4. The quantitative estimate of drug-likeness (QED) is 0.338. The summed E-state index contributed by atoms with van der Waals surface area (Å²) in [4.78, 5) is 29.3. The van der Waals surface area contributed by atoms with Crippen molar-refractivity contribution in [2.75, 3.05) is 0 Å². The van der Waals surface area contributed by atoms with Gasteiger partial charge in [-0.05, 0) is 19.3 Å². The van der Waals surface area contributed by atoms with Gasteiger partial charge in [-0.25, -0.2) is 0 Å². The van der Waals surface area contributed by atoms with Gasteiger partial charge in [0, 0.05) is 5.54 Å². The number of hydrogen-bond acceptors (Lipinski definition) is 6. The second-order valence-corrected chi connectivity index (χ2v) is 4.66. The van der Waals surface area contributed by atoms with Crippen molar-refractivity contribution in [1.82, 2.24) is 0 Å². The van der Waals surface area contributed by atoms with Crippen molar-refractivity contribution in [3.8, 4) is 0 Å². The topological polar surface area (TPSA) is 127 Å². The Hall–Kier alpha value is -0.0231. The molecule has 0 heterocycles. The van der Waals surface area contributed by atoms with E-state index in [1.165, 1.54) is 0 Å². The first-order valence-electron chi connectivity index (χ1n) is 4.97. The van der Waals surface area contributed by atoms with Gasteiger partial charge in [-0.15, -0.1) is 0 Å². The van der Waals surface area contributed by atoms with Crippen LogP contribution in [0, 0.1) is 0 Å². The summed E-state index contributed by atoms with van der Waals surface area (Å²) in [5, 5.41) is 9.45. The fraction of sp³-hybridized carbons (Fsp3) is 1.00. The van der Waals surface area contributed by atoms with Crippen LogP contribution in [0.4, 0.5) is 0 Å². The number of aliphatic hydroxyl groups is 1. The number of rotatable bonds is 4. The van der Waals surface area contributed by atoms with Crippen molar-refractivity contribution < 1.29 is 24.3 Å². The smallest absolute Gasteiger partial charge is 0.391 e. The zero-order chi connectivity index (χ0) is 12.7. The molecule has 0 fully saturated rings. The maximum atomic E-state index is 9.45. The van der Waals surface area contributed by atoms with Crippen LogP contribution >= 0.6 is 0 Å². The molecule has 7 N–H and O–H groups in total. The molecule has 1 unspecified atom stereocenters. The van der Waals surface area contributed by atoms with Crippen LogP contribution in [0.15, 0.2) is 0 Å². The summed E-state index contributed by atoms with van der Waals surface area (Å²) in [6, 6.07) is 0. The van der Waals surface area contributed by atoms with Crippen molar-refractivity contribution in [1.29, 1.82) is 0 Å². The third-order valence-electron chi connectivity index (χ3n) is 2.37. The Balaban J connectivity index is 0. The van der Waals surface area contributed by atoms with Gasteiger partial charge >= 0.3 is 9.05 Å². The minimum Gasteiger partial charge on any atom is -0.391 e. The predicted molar refractivity (Wildman–Crippen MR) is 58.4 cm³/mol. The average molecular weight is 241 g/mol. The van der Waals surface area contributed by atoms with Crippen molar-refractivity contribution in [3.05, 3.63) is 0 Å². The molecule has 94 valence electrons. The van der Waals surface area contributed by atoms with Gasteiger partial charge in [0.15, 0.2) is 0 Å². The van der Waals surface area contributed by atoms with Crippen molar-refractivity contribution >= 4 is 9.05 Å². The van der Waals surface area contributed by atoms with E-state index in [9.17, 15) is 5.11 Å². The first kappa shape index (κ1) is 17.4. The summed E-state index contributed by atoms with van der Waals surface area (Å²) >= 11 is 0. The molecule has 7 heteroatoms. The molecule has 0 saturated heterocycles. The van der Waals surface area contributed by atoms with E-state index in [4.69, 9.17) is 24.9 Å². The molecule has 0 rings (SSSR count). The van der Waals surface area contributed by atoms with Gasteiger partial charge in [0.1, 0.15) is 0 Å².